The third-order valence-electron chi connectivity index (χ3n) is 10.6. The molecule has 3 aromatic heterocycles. The largest absolute Gasteiger partial charge is 0.392 e. The van der Waals surface area contributed by atoms with Crippen LogP contribution in [0.1, 0.15) is 132 Å². The number of hydrogen-bond acceptors (Lipinski definition) is 3. The van der Waals surface area contributed by atoms with E-state index < -0.39 is 0 Å². The smallest absolute Gasteiger partial charge is 0.0771 e. The average molecular weight is 641 g/mol. The van der Waals surface area contributed by atoms with Gasteiger partial charge in [0.1, 0.15) is 0 Å². The second kappa shape index (κ2) is 14.1. The van der Waals surface area contributed by atoms with E-state index in [4.69, 9.17) is 9.97 Å². The minimum Gasteiger partial charge on any atom is -0.392 e. The molecule has 48 heavy (non-hydrogen) atoms. The highest BCUT2D eigenvalue weighted by atomic mass is 16.3. The summed E-state index contributed by atoms with van der Waals surface area (Å²) in [5.74, 6) is 0. The van der Waals surface area contributed by atoms with Gasteiger partial charge in [-0.3, -0.25) is 0 Å². The standard InChI is InChI=1S/C43H52N4O/c1-9-26-28(11-3)37-22-39-30(13-5)32(15-7)42(46-39)41(34-20-18-17-19-25(34)24-48)43-33(16-8)31(14-6)40(47-43)23-38-29(12-4)27(10-2)36(45-38)21-35(26)44-37/h17-23,44,47-48H,9-16,24H2,1-8H3. The average Bonchev–Trinajstić information content (AvgIpc) is 3.84. The number of hydrogen-bond donors (Lipinski definition) is 3. The molecule has 0 saturated carbocycles. The first-order valence-electron chi connectivity index (χ1n) is 18.4. The van der Waals surface area contributed by atoms with Crippen LogP contribution in [0.5, 0.6) is 0 Å². The molecule has 250 valence electrons. The monoisotopic (exact) mass is 640 g/mol. The van der Waals surface area contributed by atoms with Gasteiger partial charge in [-0.15, -0.1) is 0 Å². The Hall–Kier alpha value is -4.22. The summed E-state index contributed by atoms with van der Waals surface area (Å²) in [4.78, 5) is 18.8. The lowest BCUT2D eigenvalue weighted by atomic mass is 9.91. The van der Waals surface area contributed by atoms with Gasteiger partial charge in [-0.2, -0.15) is 0 Å². The third kappa shape index (κ3) is 5.46. The molecule has 0 atom stereocenters. The molecule has 0 spiro atoms. The molecular formula is C43H52N4O. The van der Waals surface area contributed by atoms with E-state index in [1.54, 1.807) is 0 Å². The molecule has 5 heteroatoms. The van der Waals surface area contributed by atoms with E-state index in [1.165, 1.54) is 44.5 Å². The molecule has 0 saturated heterocycles. The van der Waals surface area contributed by atoms with Crippen LogP contribution in [-0.2, 0) is 32.3 Å². The highest BCUT2D eigenvalue weighted by Gasteiger charge is 2.26. The lowest BCUT2D eigenvalue weighted by Crippen LogP contribution is -1.96. The Bertz CT molecular complexity index is 2100. The van der Waals surface area contributed by atoms with Gasteiger partial charge in [-0.25, -0.2) is 9.97 Å². The maximum Gasteiger partial charge on any atom is 0.0771 e. The third-order valence-corrected chi connectivity index (χ3v) is 10.6. The summed E-state index contributed by atoms with van der Waals surface area (Å²) in [6.45, 7) is 18.0. The molecule has 0 aliphatic carbocycles. The van der Waals surface area contributed by atoms with E-state index in [1.807, 2.05) is 12.1 Å². The molecular weight excluding hydrogens is 589 g/mol. The van der Waals surface area contributed by atoms with Crippen molar-refractivity contribution in [2.45, 2.75) is 113 Å². The van der Waals surface area contributed by atoms with Crippen LogP contribution >= 0.6 is 0 Å². The fraction of sp³-hybridized carbons (Fsp3) is 0.395. The minimum atomic E-state index is -0.0372. The normalized spacial score (nSPS) is 13.3. The van der Waals surface area contributed by atoms with Crippen molar-refractivity contribution in [1.82, 2.24) is 19.9 Å². The lowest BCUT2D eigenvalue weighted by molar-refractivity contribution is 0.282. The highest BCUT2D eigenvalue weighted by molar-refractivity contribution is 6.02. The summed E-state index contributed by atoms with van der Waals surface area (Å²) in [5, 5.41) is 10.6. The summed E-state index contributed by atoms with van der Waals surface area (Å²) in [6.07, 6.45) is 7.30. The number of aromatic amines is 2. The van der Waals surface area contributed by atoms with Crippen molar-refractivity contribution in [3.8, 4) is 11.1 Å². The van der Waals surface area contributed by atoms with Crippen molar-refractivity contribution in [3.05, 3.63) is 93.1 Å². The maximum atomic E-state index is 10.6. The number of fused-ring (bicyclic) bond motifs is 8. The zero-order valence-electron chi connectivity index (χ0n) is 30.2. The molecule has 5 nitrogen and oxygen atoms in total. The van der Waals surface area contributed by atoms with Crippen molar-refractivity contribution in [2.75, 3.05) is 0 Å². The van der Waals surface area contributed by atoms with Crippen LogP contribution in [0.4, 0.5) is 0 Å². The van der Waals surface area contributed by atoms with Crippen LogP contribution in [0, 0.1) is 0 Å². The minimum absolute atomic E-state index is 0.0372. The molecule has 1 aromatic carbocycles. The molecule has 6 rings (SSSR count). The molecule has 0 radical (unpaired) electrons. The molecule has 0 unspecified atom stereocenters. The van der Waals surface area contributed by atoms with Crippen molar-refractivity contribution in [2.24, 2.45) is 0 Å². The quantitative estimate of drug-likeness (QED) is 0.161. The fourth-order valence-corrected chi connectivity index (χ4v) is 8.35. The number of aliphatic hydroxyl groups excluding tert-OH is 1. The number of aromatic nitrogens is 4. The van der Waals surface area contributed by atoms with Crippen LogP contribution in [0.3, 0.4) is 0 Å². The van der Waals surface area contributed by atoms with Gasteiger partial charge in [-0.05, 0) is 125 Å². The SMILES string of the molecule is CCC1=C(CC)c2cc3[nH]c(c(CC)c3CC)c(-c3ccccc3CO)c3nc(cc4[nH]c(cc1n2)c(CC)c4CC)C(CC)=C3CC. The molecule has 4 aromatic rings. The number of rotatable bonds is 10. The zero-order chi connectivity index (χ0) is 34.1. The van der Waals surface area contributed by atoms with Crippen LogP contribution in [-0.4, -0.2) is 25.0 Å². The molecule has 2 aliphatic heterocycles. The summed E-state index contributed by atoms with van der Waals surface area (Å²) in [7, 11) is 0. The van der Waals surface area contributed by atoms with Gasteiger partial charge in [0.2, 0.25) is 0 Å². The number of allylic oxidation sites excluding steroid dienone is 4. The van der Waals surface area contributed by atoms with Crippen molar-refractivity contribution in [3.63, 3.8) is 0 Å². The van der Waals surface area contributed by atoms with Gasteiger partial charge in [-0.1, -0.05) is 79.7 Å². The van der Waals surface area contributed by atoms with Gasteiger partial charge < -0.3 is 15.1 Å². The lowest BCUT2D eigenvalue weighted by Gasteiger charge is -2.13. The summed E-state index contributed by atoms with van der Waals surface area (Å²) in [6, 6.07) is 15.2. The van der Waals surface area contributed by atoms with Crippen molar-refractivity contribution >= 4 is 44.4 Å². The fourth-order valence-electron chi connectivity index (χ4n) is 8.35. The number of nitrogens with one attached hydrogen (secondary N) is 2. The highest BCUT2D eigenvalue weighted by Crippen LogP contribution is 2.44. The Morgan fingerprint density at radius 1 is 0.521 bits per heavy atom. The van der Waals surface area contributed by atoms with Gasteiger partial charge >= 0.3 is 0 Å². The first kappa shape index (κ1) is 33.7. The second-order valence-corrected chi connectivity index (χ2v) is 12.9. The number of aliphatic hydroxyl groups is 1. The van der Waals surface area contributed by atoms with Gasteiger partial charge in [0.05, 0.1) is 34.9 Å². The summed E-state index contributed by atoms with van der Waals surface area (Å²) < 4.78 is 0. The molecule has 3 N–H and O–H groups in total. The van der Waals surface area contributed by atoms with Crippen molar-refractivity contribution in [1.29, 1.82) is 0 Å². The van der Waals surface area contributed by atoms with Crippen LogP contribution in [0.25, 0.3) is 55.5 Å². The Kier molecular flexibility index (Phi) is 9.89. The first-order chi connectivity index (χ1) is 23.4. The molecule has 5 heterocycles. The van der Waals surface area contributed by atoms with Gasteiger partial charge in [0.25, 0.3) is 0 Å². The number of nitrogens with zero attached hydrogens (tertiary/aromatic N) is 2. The topological polar surface area (TPSA) is 77.6 Å². The first-order valence-corrected chi connectivity index (χ1v) is 18.4. The number of aryl methyl sites for hydroxylation is 4. The Labute approximate surface area is 286 Å². The molecule has 0 fully saturated rings. The zero-order valence-corrected chi connectivity index (χ0v) is 30.2. The number of H-pyrrole nitrogens is 2. The Morgan fingerprint density at radius 3 is 1.48 bits per heavy atom. The molecule has 0 amide bonds. The van der Waals surface area contributed by atoms with Gasteiger partial charge in [0.15, 0.2) is 0 Å². The van der Waals surface area contributed by atoms with Crippen LogP contribution in [0.15, 0.2) is 42.5 Å². The predicted octanol–water partition coefficient (Wildman–Crippen LogP) is 11.2. The van der Waals surface area contributed by atoms with E-state index in [9.17, 15) is 5.11 Å². The maximum absolute atomic E-state index is 10.6. The summed E-state index contributed by atoms with van der Waals surface area (Å²) in [5.41, 5.74) is 22.3. The van der Waals surface area contributed by atoms with E-state index in [0.29, 0.717) is 0 Å². The van der Waals surface area contributed by atoms with Gasteiger partial charge in [0, 0.05) is 22.1 Å². The van der Waals surface area contributed by atoms with Crippen LogP contribution < -0.4 is 0 Å². The number of benzene rings is 1. The van der Waals surface area contributed by atoms with E-state index in [0.717, 1.165) is 113 Å². The van der Waals surface area contributed by atoms with E-state index in [-0.39, 0.29) is 6.61 Å². The second-order valence-electron chi connectivity index (χ2n) is 12.9. The Balaban J connectivity index is 1.95. The van der Waals surface area contributed by atoms with Crippen LogP contribution in [0.2, 0.25) is 0 Å². The summed E-state index contributed by atoms with van der Waals surface area (Å²) >= 11 is 0. The predicted molar refractivity (Wildman–Crippen MR) is 205 cm³/mol. The van der Waals surface area contributed by atoms with E-state index >= 15 is 0 Å². The molecule has 8 bridgehead atoms. The van der Waals surface area contributed by atoms with E-state index in [2.05, 4.69) is 95.7 Å². The van der Waals surface area contributed by atoms with Crippen molar-refractivity contribution < 1.29 is 5.11 Å². The Morgan fingerprint density at radius 2 is 0.979 bits per heavy atom. The molecule has 2 aliphatic rings.